The van der Waals surface area contributed by atoms with Gasteiger partial charge >= 0.3 is 24.8 Å². The van der Waals surface area contributed by atoms with Gasteiger partial charge in [0.1, 0.15) is 0 Å². The predicted octanol–water partition coefficient (Wildman–Crippen LogP) is 1.31. The molecule has 6 heteroatoms. The number of hydrogen-bond donors (Lipinski definition) is 1. The molecule has 2 heterocycles. The number of hydrogen-bond acceptors (Lipinski definition) is 4. The molecule has 0 bridgehead atoms. The fourth-order valence-electron chi connectivity index (χ4n) is 1.61. The Morgan fingerprint density at radius 1 is 1.44 bits per heavy atom. The maximum atomic E-state index is 10.7. The van der Waals surface area contributed by atoms with Gasteiger partial charge in [0.25, 0.3) is 0 Å². The summed E-state index contributed by atoms with van der Waals surface area (Å²) >= 11 is 1.30. The summed E-state index contributed by atoms with van der Waals surface area (Å²) < 4.78 is 0. The summed E-state index contributed by atoms with van der Waals surface area (Å²) in [7, 11) is 0. The Labute approximate surface area is 111 Å². The molecule has 0 aromatic carbocycles. The van der Waals surface area contributed by atoms with Crippen LogP contribution in [0.15, 0.2) is 0 Å². The zero-order valence-corrected chi connectivity index (χ0v) is 9.89. The van der Waals surface area contributed by atoms with Gasteiger partial charge in [-0.25, -0.2) is 9.78 Å². The van der Waals surface area contributed by atoms with Crippen molar-refractivity contribution < 1.29 is 9.90 Å². The Bertz CT molecular complexity index is 388. The summed E-state index contributed by atoms with van der Waals surface area (Å²) in [6.07, 6.45) is 0. The third-order valence-corrected chi connectivity index (χ3v) is 3.66. The minimum absolute atomic E-state index is 0. The van der Waals surface area contributed by atoms with Gasteiger partial charge in [-0.15, -0.1) is 11.3 Å². The monoisotopic (exact) mass is 234 g/mol. The standard InChI is InChI=1S/C10H14N2O2S.Li.H/c1-10(2,3)12-4-6-7(5-12)15-8(11-6)9(13)14;;/h4-5H2,1-3H3,(H,13,14);;. The summed E-state index contributed by atoms with van der Waals surface area (Å²) in [5.74, 6) is -0.920. The van der Waals surface area contributed by atoms with Crippen LogP contribution in [0, 0.1) is 0 Å². The molecular weight excluding hydrogens is 219 g/mol. The van der Waals surface area contributed by atoms with Crippen molar-refractivity contribution in [2.75, 3.05) is 0 Å². The number of aromatic carboxylic acids is 1. The van der Waals surface area contributed by atoms with Gasteiger partial charge in [0.15, 0.2) is 0 Å². The summed E-state index contributed by atoms with van der Waals surface area (Å²) in [6, 6.07) is 0. The maximum absolute atomic E-state index is 10.7. The first-order valence-electron chi connectivity index (χ1n) is 4.85. The topological polar surface area (TPSA) is 53.4 Å². The second-order valence-corrected chi connectivity index (χ2v) is 5.80. The van der Waals surface area contributed by atoms with Gasteiger partial charge in [-0.3, -0.25) is 4.90 Å². The number of fused-ring (bicyclic) bond motifs is 1. The molecule has 0 spiro atoms. The third-order valence-electron chi connectivity index (χ3n) is 2.58. The summed E-state index contributed by atoms with van der Waals surface area (Å²) in [5, 5.41) is 9.02. The van der Waals surface area contributed by atoms with Crippen molar-refractivity contribution in [3.05, 3.63) is 15.6 Å². The van der Waals surface area contributed by atoms with E-state index in [-0.39, 0.29) is 29.4 Å². The van der Waals surface area contributed by atoms with E-state index in [2.05, 4.69) is 30.7 Å². The fraction of sp³-hybridized carbons (Fsp3) is 0.600. The summed E-state index contributed by atoms with van der Waals surface area (Å²) in [4.78, 5) is 18.2. The van der Waals surface area contributed by atoms with Crippen LogP contribution in [0.25, 0.3) is 0 Å². The molecule has 0 unspecified atom stereocenters. The van der Waals surface area contributed by atoms with E-state index in [0.717, 1.165) is 23.7 Å². The van der Waals surface area contributed by atoms with Crippen LogP contribution in [-0.4, -0.2) is 45.4 Å². The molecule has 84 valence electrons. The first-order valence-corrected chi connectivity index (χ1v) is 5.66. The zero-order chi connectivity index (χ0) is 11.2. The van der Waals surface area contributed by atoms with Crippen LogP contribution in [0.2, 0.25) is 0 Å². The van der Waals surface area contributed by atoms with E-state index in [1.54, 1.807) is 0 Å². The molecule has 0 saturated heterocycles. The van der Waals surface area contributed by atoms with Crippen molar-refractivity contribution in [2.24, 2.45) is 0 Å². The Balaban J connectivity index is 0.00000128. The van der Waals surface area contributed by atoms with E-state index in [9.17, 15) is 4.79 Å². The fourth-order valence-corrected chi connectivity index (χ4v) is 2.53. The number of carboxylic acid groups (broad SMARTS) is 1. The van der Waals surface area contributed by atoms with E-state index < -0.39 is 5.97 Å². The Hall–Kier alpha value is -0.343. The quantitative estimate of drug-likeness (QED) is 0.744. The molecule has 0 aliphatic carbocycles. The van der Waals surface area contributed by atoms with Crippen molar-refractivity contribution in [1.29, 1.82) is 0 Å². The third kappa shape index (κ3) is 2.49. The van der Waals surface area contributed by atoms with Crippen LogP contribution in [0.4, 0.5) is 0 Å². The normalized spacial score (nSPS) is 15.7. The molecule has 1 aromatic rings. The average Bonchev–Trinajstić information content (AvgIpc) is 2.55. The van der Waals surface area contributed by atoms with Crippen molar-refractivity contribution >= 4 is 36.2 Å². The van der Waals surface area contributed by atoms with Crippen molar-refractivity contribution in [1.82, 2.24) is 9.88 Å². The van der Waals surface area contributed by atoms with Crippen molar-refractivity contribution in [3.8, 4) is 0 Å². The minimum atomic E-state index is -0.920. The van der Waals surface area contributed by atoms with Crippen LogP contribution < -0.4 is 0 Å². The average molecular weight is 234 g/mol. The molecule has 1 N–H and O–H groups in total. The Morgan fingerprint density at radius 2 is 2.06 bits per heavy atom. The second kappa shape index (κ2) is 4.50. The van der Waals surface area contributed by atoms with Gasteiger partial charge < -0.3 is 5.11 Å². The molecule has 0 saturated carbocycles. The van der Waals surface area contributed by atoms with Gasteiger partial charge in [0, 0.05) is 23.5 Å². The summed E-state index contributed by atoms with van der Waals surface area (Å²) in [5.41, 5.74) is 1.05. The van der Waals surface area contributed by atoms with Crippen LogP contribution in [-0.2, 0) is 13.1 Å². The van der Waals surface area contributed by atoms with Crippen LogP contribution >= 0.6 is 11.3 Å². The van der Waals surface area contributed by atoms with E-state index in [1.165, 1.54) is 11.3 Å². The van der Waals surface area contributed by atoms with E-state index >= 15 is 0 Å². The Kier molecular flexibility index (Phi) is 3.86. The van der Waals surface area contributed by atoms with E-state index in [4.69, 9.17) is 5.11 Å². The van der Waals surface area contributed by atoms with Gasteiger partial charge in [-0.1, -0.05) is 0 Å². The molecule has 4 nitrogen and oxygen atoms in total. The number of carbonyl (C=O) groups is 1. The molecule has 0 fully saturated rings. The molecule has 2 rings (SSSR count). The molecule has 0 atom stereocenters. The number of aromatic nitrogens is 1. The molecule has 1 aliphatic rings. The molecule has 1 aliphatic heterocycles. The van der Waals surface area contributed by atoms with Crippen LogP contribution in [0.3, 0.4) is 0 Å². The number of thiazole rings is 1. The van der Waals surface area contributed by atoms with Gasteiger partial charge in [0.2, 0.25) is 5.01 Å². The van der Waals surface area contributed by atoms with Gasteiger partial charge in [-0.2, -0.15) is 0 Å². The van der Waals surface area contributed by atoms with E-state index in [0.29, 0.717) is 0 Å². The molecular formula is C10H15LiN2O2S. The molecule has 0 amide bonds. The Morgan fingerprint density at radius 3 is 2.50 bits per heavy atom. The first-order chi connectivity index (χ1) is 6.88. The number of rotatable bonds is 1. The molecule has 0 radical (unpaired) electrons. The molecule has 16 heavy (non-hydrogen) atoms. The second-order valence-electron chi connectivity index (χ2n) is 4.72. The van der Waals surface area contributed by atoms with Crippen LogP contribution in [0.5, 0.6) is 0 Å². The summed E-state index contributed by atoms with van der Waals surface area (Å²) in [6.45, 7) is 8.05. The predicted molar refractivity (Wildman–Crippen MR) is 65.2 cm³/mol. The SMILES string of the molecule is CC(C)(C)N1Cc2nc(C(=O)O)sc2C1.[LiH]. The van der Waals surface area contributed by atoms with Crippen molar-refractivity contribution in [2.45, 2.75) is 39.4 Å². The number of nitrogens with zero attached hydrogens (tertiary/aromatic N) is 2. The van der Waals surface area contributed by atoms with E-state index in [1.807, 2.05) is 0 Å². The van der Waals surface area contributed by atoms with Crippen molar-refractivity contribution in [3.63, 3.8) is 0 Å². The number of carboxylic acids is 1. The zero-order valence-electron chi connectivity index (χ0n) is 9.07. The van der Waals surface area contributed by atoms with Gasteiger partial charge in [-0.05, 0) is 20.8 Å². The first kappa shape index (κ1) is 13.7. The van der Waals surface area contributed by atoms with Gasteiger partial charge in [0.05, 0.1) is 5.69 Å². The molecule has 1 aromatic heterocycles. The van der Waals surface area contributed by atoms with Crippen LogP contribution in [0.1, 0.15) is 41.1 Å².